The number of hydrogen-bond donors (Lipinski definition) is 1. The van der Waals surface area contributed by atoms with Gasteiger partial charge in [-0.15, -0.1) is 0 Å². The van der Waals surface area contributed by atoms with Gasteiger partial charge in [0.25, 0.3) is 0 Å². The van der Waals surface area contributed by atoms with E-state index in [0.717, 1.165) is 56.1 Å². The molecule has 0 aromatic heterocycles. The lowest BCUT2D eigenvalue weighted by atomic mass is 9.52. The van der Waals surface area contributed by atoms with E-state index in [9.17, 15) is 14.7 Å². The molecule has 7 atom stereocenters. The Morgan fingerprint density at radius 3 is 2.51 bits per heavy atom. The Kier molecular flexibility index (Phi) is 5.90. The zero-order chi connectivity index (χ0) is 25.3. The third-order valence-electron chi connectivity index (χ3n) is 10.9. The van der Waals surface area contributed by atoms with Crippen LogP contribution in [0.4, 0.5) is 0 Å². The number of aliphatic hydroxyl groups is 1. The average Bonchev–Trinajstić information content (AvgIpc) is 2.89. The zero-order valence-electron chi connectivity index (χ0n) is 22.3. The Bertz CT molecular complexity index is 1030. The van der Waals surface area contributed by atoms with Gasteiger partial charge in [0.15, 0.2) is 0 Å². The summed E-state index contributed by atoms with van der Waals surface area (Å²) in [6, 6.07) is 0. The molecule has 0 amide bonds. The third kappa shape index (κ3) is 3.67. The van der Waals surface area contributed by atoms with Gasteiger partial charge in [-0.3, -0.25) is 4.79 Å². The summed E-state index contributed by atoms with van der Waals surface area (Å²) >= 11 is 0. The molecule has 0 aromatic carbocycles. The molecule has 192 valence electrons. The average molecular weight is 483 g/mol. The van der Waals surface area contributed by atoms with E-state index in [1.165, 1.54) is 11.1 Å². The maximum atomic E-state index is 12.3. The number of hydrogen-bond acceptors (Lipinski definition) is 5. The van der Waals surface area contributed by atoms with Crippen molar-refractivity contribution in [3.05, 3.63) is 34.4 Å². The largest absolute Gasteiger partial charge is 0.459 e. The second kappa shape index (κ2) is 8.33. The van der Waals surface area contributed by atoms with Gasteiger partial charge in [-0.25, -0.2) is 4.79 Å². The zero-order valence-corrected chi connectivity index (χ0v) is 22.3. The number of fused-ring (bicyclic) bond motifs is 3. The number of carbonyl (C=O) groups excluding carboxylic acids is 2. The van der Waals surface area contributed by atoms with Gasteiger partial charge in [0, 0.05) is 17.9 Å². The van der Waals surface area contributed by atoms with E-state index < -0.39 is 11.7 Å². The molecule has 35 heavy (non-hydrogen) atoms. The van der Waals surface area contributed by atoms with Crippen molar-refractivity contribution in [1.82, 2.24) is 0 Å². The molecule has 0 spiro atoms. The highest BCUT2D eigenvalue weighted by atomic mass is 16.6. The number of cyclic esters (lactones) is 2. The van der Waals surface area contributed by atoms with Crippen LogP contribution < -0.4 is 0 Å². The lowest BCUT2D eigenvalue weighted by molar-refractivity contribution is -0.158. The lowest BCUT2D eigenvalue weighted by Crippen LogP contribution is -2.46. The van der Waals surface area contributed by atoms with Crippen LogP contribution in [0.25, 0.3) is 0 Å². The molecule has 5 rings (SSSR count). The number of esters is 2. The van der Waals surface area contributed by atoms with Gasteiger partial charge in [-0.2, -0.15) is 0 Å². The summed E-state index contributed by atoms with van der Waals surface area (Å²) in [5.41, 5.74) is 3.82. The maximum absolute atomic E-state index is 12.3. The third-order valence-corrected chi connectivity index (χ3v) is 10.9. The molecule has 5 aliphatic rings. The van der Waals surface area contributed by atoms with Gasteiger partial charge in [0.2, 0.25) is 0 Å². The minimum Gasteiger partial charge on any atom is -0.459 e. The molecule has 1 saturated carbocycles. The van der Waals surface area contributed by atoms with Crippen LogP contribution in [0.3, 0.4) is 0 Å². The first kappa shape index (κ1) is 24.8. The molecule has 2 heterocycles. The van der Waals surface area contributed by atoms with Gasteiger partial charge in [0.05, 0.1) is 12.5 Å². The summed E-state index contributed by atoms with van der Waals surface area (Å²) < 4.78 is 11.7. The second-order valence-electron chi connectivity index (χ2n) is 12.8. The van der Waals surface area contributed by atoms with Gasteiger partial charge >= 0.3 is 11.9 Å². The van der Waals surface area contributed by atoms with Crippen LogP contribution in [0.2, 0.25) is 0 Å². The Morgan fingerprint density at radius 1 is 1.06 bits per heavy atom. The van der Waals surface area contributed by atoms with Gasteiger partial charge in [0.1, 0.15) is 11.7 Å². The van der Waals surface area contributed by atoms with Gasteiger partial charge in [-0.1, -0.05) is 38.5 Å². The van der Waals surface area contributed by atoms with Crippen LogP contribution in [0, 0.1) is 28.6 Å². The van der Waals surface area contributed by atoms with E-state index in [-0.39, 0.29) is 41.2 Å². The first-order chi connectivity index (χ1) is 16.4. The maximum Gasteiger partial charge on any atom is 0.333 e. The number of ether oxygens (including phenoxy) is 2. The van der Waals surface area contributed by atoms with E-state index in [1.54, 1.807) is 0 Å². The molecule has 0 bridgehead atoms. The van der Waals surface area contributed by atoms with E-state index >= 15 is 0 Å². The van der Waals surface area contributed by atoms with E-state index in [1.807, 2.05) is 32.9 Å². The normalized spacial score (nSPS) is 41.8. The highest BCUT2D eigenvalue weighted by Gasteiger charge is 2.61. The summed E-state index contributed by atoms with van der Waals surface area (Å²) in [4.78, 5) is 24.5. The summed E-state index contributed by atoms with van der Waals surface area (Å²) in [5, 5.41) is 11.7. The molecular formula is C30H42O5. The van der Waals surface area contributed by atoms with Crippen molar-refractivity contribution in [2.24, 2.45) is 28.6 Å². The predicted octanol–water partition coefficient (Wildman–Crippen LogP) is 5.82. The Labute approximate surface area is 210 Å². The van der Waals surface area contributed by atoms with Crippen molar-refractivity contribution in [3.8, 4) is 0 Å². The minimum absolute atomic E-state index is 0.00978. The number of aliphatic hydroxyl groups excluding tert-OH is 1. The lowest BCUT2D eigenvalue weighted by Gasteiger charge is -2.53. The van der Waals surface area contributed by atoms with Gasteiger partial charge < -0.3 is 14.6 Å². The van der Waals surface area contributed by atoms with E-state index in [0.29, 0.717) is 11.8 Å². The van der Waals surface area contributed by atoms with Crippen LogP contribution in [-0.2, 0) is 19.1 Å². The fraction of sp³-hybridized carbons (Fsp3) is 0.733. The molecular weight excluding hydrogens is 440 g/mol. The molecule has 2 aliphatic heterocycles. The van der Waals surface area contributed by atoms with Crippen molar-refractivity contribution >= 4 is 11.9 Å². The van der Waals surface area contributed by atoms with Crippen molar-refractivity contribution in [3.63, 3.8) is 0 Å². The molecule has 5 nitrogen and oxygen atoms in total. The minimum atomic E-state index is -0.628. The quantitative estimate of drug-likeness (QED) is 0.397. The van der Waals surface area contributed by atoms with Crippen molar-refractivity contribution in [2.75, 3.05) is 0 Å². The molecule has 3 aliphatic carbocycles. The highest BCUT2D eigenvalue weighted by molar-refractivity contribution is 5.88. The molecule has 0 radical (unpaired) electrons. The molecule has 1 fully saturated rings. The van der Waals surface area contributed by atoms with Crippen LogP contribution >= 0.6 is 0 Å². The smallest absolute Gasteiger partial charge is 0.333 e. The molecule has 5 heteroatoms. The SMILES string of the molecule is CC1=CCC(C(C)C2CCC3(C)C4=C(CCC23C)C(O)C2=CCC(=O)OC(C)(C)C2CC4)OC1=O. The van der Waals surface area contributed by atoms with Crippen LogP contribution in [-0.4, -0.2) is 34.9 Å². The molecule has 1 N–H and O–H groups in total. The molecule has 0 aromatic rings. The monoisotopic (exact) mass is 482 g/mol. The highest BCUT2D eigenvalue weighted by Crippen LogP contribution is 2.68. The predicted molar refractivity (Wildman–Crippen MR) is 134 cm³/mol. The fourth-order valence-electron chi connectivity index (χ4n) is 8.59. The first-order valence-corrected chi connectivity index (χ1v) is 13.6. The van der Waals surface area contributed by atoms with Crippen molar-refractivity contribution in [2.45, 2.75) is 111 Å². The fourth-order valence-corrected chi connectivity index (χ4v) is 8.59. The number of carbonyl (C=O) groups is 2. The second-order valence-corrected chi connectivity index (χ2v) is 12.8. The number of allylic oxidation sites excluding steroid dienone is 1. The summed E-state index contributed by atoms with van der Waals surface area (Å²) in [6.45, 7) is 13.0. The Hall–Kier alpha value is -1.88. The van der Waals surface area contributed by atoms with Gasteiger partial charge in [-0.05, 0) is 93.1 Å². The van der Waals surface area contributed by atoms with Crippen LogP contribution in [0.1, 0.15) is 92.9 Å². The number of rotatable bonds is 2. The van der Waals surface area contributed by atoms with E-state index in [2.05, 4.69) is 20.8 Å². The van der Waals surface area contributed by atoms with Crippen LogP contribution in [0.5, 0.6) is 0 Å². The summed E-state index contributed by atoms with van der Waals surface area (Å²) in [6.07, 6.45) is 10.3. The van der Waals surface area contributed by atoms with E-state index in [4.69, 9.17) is 9.47 Å². The summed E-state index contributed by atoms with van der Waals surface area (Å²) in [7, 11) is 0. The molecule has 7 unspecified atom stereocenters. The van der Waals surface area contributed by atoms with Crippen LogP contribution in [0.15, 0.2) is 34.4 Å². The topological polar surface area (TPSA) is 72.8 Å². The van der Waals surface area contributed by atoms with Crippen molar-refractivity contribution < 1.29 is 24.2 Å². The first-order valence-electron chi connectivity index (χ1n) is 13.6. The molecule has 0 saturated heterocycles. The summed E-state index contributed by atoms with van der Waals surface area (Å²) in [5.74, 6) is 0.404. The standard InChI is InChI=1S/C30H42O5/c1-17-7-11-24(34-27(17)33)18(2)21-14-16-30(6)23-10-9-22-19(8-12-25(31)35-28(22,3)4)26(32)20(23)13-15-29(21,30)5/h7-8,18,21-22,24,26,32H,9-16H2,1-6H3. The Morgan fingerprint density at radius 2 is 1.80 bits per heavy atom. The van der Waals surface area contributed by atoms with Crippen molar-refractivity contribution in [1.29, 1.82) is 0 Å². The Balaban J connectivity index is 1.48.